The van der Waals surface area contributed by atoms with Crippen molar-refractivity contribution in [3.05, 3.63) is 64.4 Å². The smallest absolute Gasteiger partial charge is 0.263 e. The number of hydrogen-bond acceptors (Lipinski definition) is 7. The Bertz CT molecular complexity index is 1190. The maximum atomic E-state index is 12.8. The van der Waals surface area contributed by atoms with Gasteiger partial charge in [-0.25, -0.2) is 13.4 Å². The number of amides is 1. The van der Waals surface area contributed by atoms with Gasteiger partial charge in [-0.05, 0) is 42.5 Å². The van der Waals surface area contributed by atoms with Gasteiger partial charge in [0.1, 0.15) is 6.33 Å². The number of halogens is 2. The van der Waals surface area contributed by atoms with Crippen molar-refractivity contribution < 1.29 is 14.6 Å². The molecule has 4 rings (SSSR count). The molecule has 0 spiro atoms. The van der Waals surface area contributed by atoms with Crippen LogP contribution in [0, 0.1) is 0 Å². The summed E-state index contributed by atoms with van der Waals surface area (Å²) in [5.74, 6) is -0.134. The summed E-state index contributed by atoms with van der Waals surface area (Å²) < 4.78 is 31.1. The lowest BCUT2D eigenvalue weighted by Crippen LogP contribution is -2.48. The van der Waals surface area contributed by atoms with E-state index in [1.54, 1.807) is 47.4 Å². The number of nitrogens with zero attached hydrogens (tertiary/aromatic N) is 4. The average Bonchev–Trinajstić information content (AvgIpc) is 3.26. The summed E-state index contributed by atoms with van der Waals surface area (Å²) in [5, 5.41) is 1.03. The molecular weight excluding hydrogens is 481 g/mol. The molecule has 31 heavy (non-hydrogen) atoms. The molecule has 2 aromatic carbocycles. The molecule has 1 N–H and O–H groups in total. The maximum Gasteiger partial charge on any atom is 0.263 e. The molecule has 1 aliphatic heterocycles. The van der Waals surface area contributed by atoms with Crippen molar-refractivity contribution in [2.75, 3.05) is 35.8 Å². The summed E-state index contributed by atoms with van der Waals surface area (Å²) in [6.07, 6.45) is 1.29. The fourth-order valence-corrected chi connectivity index (χ4v) is 5.38. The summed E-state index contributed by atoms with van der Waals surface area (Å²) in [6, 6.07) is 11.4. The lowest BCUT2D eigenvalue weighted by atomic mass is 10.1. The van der Waals surface area contributed by atoms with Crippen molar-refractivity contribution in [3.63, 3.8) is 0 Å². The number of hydrogen-bond donors (Lipinski definition) is 1. The monoisotopic (exact) mass is 499 g/mol. The third-order valence-corrected chi connectivity index (χ3v) is 7.44. The zero-order chi connectivity index (χ0) is 22.0. The van der Waals surface area contributed by atoms with Crippen molar-refractivity contribution in [1.29, 1.82) is 0 Å². The van der Waals surface area contributed by atoms with Gasteiger partial charge in [0.25, 0.3) is 15.9 Å². The van der Waals surface area contributed by atoms with E-state index in [1.165, 1.54) is 6.33 Å². The van der Waals surface area contributed by atoms with Crippen LogP contribution in [0.5, 0.6) is 0 Å². The van der Waals surface area contributed by atoms with E-state index in [-0.39, 0.29) is 17.4 Å². The molecule has 1 fully saturated rings. The van der Waals surface area contributed by atoms with E-state index in [2.05, 4.69) is 19.0 Å². The van der Waals surface area contributed by atoms with Gasteiger partial charge in [0.2, 0.25) is 5.13 Å². The highest BCUT2D eigenvalue weighted by Gasteiger charge is 2.24. The molecule has 12 heteroatoms. The fourth-order valence-electron chi connectivity index (χ4n) is 3.23. The highest BCUT2D eigenvalue weighted by Crippen LogP contribution is 2.25. The number of nitrogens with one attached hydrogen (secondary N) is 1. The first-order valence-corrected chi connectivity index (χ1v) is 12.2. The number of anilines is 2. The minimum absolute atomic E-state index is 0. The van der Waals surface area contributed by atoms with Gasteiger partial charge in [-0.1, -0.05) is 23.2 Å². The molecule has 0 unspecified atom stereocenters. The number of carbonyl (C=O) groups is 1. The second-order valence-electron chi connectivity index (χ2n) is 6.75. The minimum atomic E-state index is -3.72. The van der Waals surface area contributed by atoms with Crippen molar-refractivity contribution in [1.82, 2.24) is 14.3 Å². The zero-order valence-corrected chi connectivity index (χ0v) is 19.2. The number of carbonyl (C=O) groups excluding carboxylic acids is 1. The Hall–Kier alpha value is -2.40. The topological polar surface area (TPSA) is 95.5 Å². The number of piperazine rings is 1. The van der Waals surface area contributed by atoms with Gasteiger partial charge in [0.05, 0.1) is 15.5 Å². The summed E-state index contributed by atoms with van der Waals surface area (Å²) in [5.41, 5.74) is 1.31. The number of benzene rings is 2. The van der Waals surface area contributed by atoms with Crippen molar-refractivity contribution in [3.8, 4) is 0 Å². The first-order valence-electron chi connectivity index (χ1n) is 9.22. The SMILES string of the molecule is O=C(c1ccc(Cl)cc1Cl)N1CCN(c2ccc(S(=O)(=O)Nc3ncns3)cc2)CC1.[HH]. The van der Waals surface area contributed by atoms with E-state index < -0.39 is 10.0 Å². The van der Waals surface area contributed by atoms with E-state index in [4.69, 9.17) is 23.2 Å². The summed E-state index contributed by atoms with van der Waals surface area (Å²) >= 11 is 13.0. The molecular formula is C19H19Cl2N5O3S2. The Labute approximate surface area is 195 Å². The molecule has 2 heterocycles. The van der Waals surface area contributed by atoms with Crippen LogP contribution in [-0.2, 0) is 10.0 Å². The first-order chi connectivity index (χ1) is 14.8. The zero-order valence-electron chi connectivity index (χ0n) is 16.0. The first kappa shape index (κ1) is 21.8. The predicted octanol–water partition coefficient (Wildman–Crippen LogP) is 3.85. The molecule has 3 aromatic rings. The van der Waals surface area contributed by atoms with Gasteiger partial charge in [-0.2, -0.15) is 4.37 Å². The van der Waals surface area contributed by atoms with Crippen LogP contribution < -0.4 is 9.62 Å². The maximum absolute atomic E-state index is 12.8. The van der Waals surface area contributed by atoms with Crippen LogP contribution in [0.15, 0.2) is 53.7 Å². The van der Waals surface area contributed by atoms with Crippen LogP contribution in [0.2, 0.25) is 10.0 Å². The Kier molecular flexibility index (Phi) is 6.33. The second kappa shape index (κ2) is 8.99. The molecule has 8 nitrogen and oxygen atoms in total. The molecule has 1 saturated heterocycles. The van der Waals surface area contributed by atoms with Gasteiger partial charge in [0, 0.05) is 49.8 Å². The fraction of sp³-hybridized carbons (Fsp3) is 0.211. The molecule has 1 aromatic heterocycles. The van der Waals surface area contributed by atoms with Crippen LogP contribution >= 0.6 is 34.7 Å². The highest BCUT2D eigenvalue weighted by molar-refractivity contribution is 7.93. The number of rotatable bonds is 5. The van der Waals surface area contributed by atoms with E-state index in [9.17, 15) is 13.2 Å². The Morgan fingerprint density at radius 1 is 1.06 bits per heavy atom. The molecule has 0 radical (unpaired) electrons. The van der Waals surface area contributed by atoms with Crippen LogP contribution in [0.3, 0.4) is 0 Å². The van der Waals surface area contributed by atoms with Crippen LogP contribution in [0.1, 0.15) is 11.8 Å². The molecule has 0 aliphatic carbocycles. The van der Waals surface area contributed by atoms with E-state index >= 15 is 0 Å². The van der Waals surface area contributed by atoms with Crippen LogP contribution in [0.4, 0.5) is 10.8 Å². The molecule has 0 atom stereocenters. The quantitative estimate of drug-likeness (QED) is 0.572. The number of aromatic nitrogens is 2. The standard InChI is InChI=1S/C19H17Cl2N5O3S2.H2/c20-13-1-6-16(17(21)11-13)18(27)26-9-7-25(8-10-26)14-2-4-15(5-3-14)31(28,29)24-19-22-12-23-30-19;/h1-6,11-12H,7-10H2,(H,22,23,24);1H. The van der Waals surface area contributed by atoms with Gasteiger partial charge in [-0.15, -0.1) is 0 Å². The van der Waals surface area contributed by atoms with E-state index in [1.807, 2.05) is 0 Å². The Morgan fingerprint density at radius 2 is 1.77 bits per heavy atom. The van der Waals surface area contributed by atoms with Crippen molar-refractivity contribution >= 4 is 61.5 Å². The van der Waals surface area contributed by atoms with Gasteiger partial charge >= 0.3 is 0 Å². The van der Waals surface area contributed by atoms with Gasteiger partial charge < -0.3 is 9.80 Å². The Balaban J connectivity index is 0.00000289. The summed E-state index contributed by atoms with van der Waals surface area (Å²) in [4.78, 5) is 20.6. The molecule has 164 valence electrons. The van der Waals surface area contributed by atoms with Crippen molar-refractivity contribution in [2.24, 2.45) is 0 Å². The molecule has 1 aliphatic rings. The predicted molar refractivity (Wildman–Crippen MR) is 124 cm³/mol. The van der Waals surface area contributed by atoms with Crippen LogP contribution in [0.25, 0.3) is 0 Å². The van der Waals surface area contributed by atoms with E-state index in [0.717, 1.165) is 17.2 Å². The second-order valence-corrected chi connectivity index (χ2v) is 10.1. The largest absolute Gasteiger partial charge is 0.368 e. The summed E-state index contributed by atoms with van der Waals surface area (Å²) in [7, 11) is -3.72. The minimum Gasteiger partial charge on any atom is -0.368 e. The number of sulfonamides is 1. The lowest BCUT2D eigenvalue weighted by Gasteiger charge is -2.36. The summed E-state index contributed by atoms with van der Waals surface area (Å²) in [6.45, 7) is 2.28. The third-order valence-electron chi connectivity index (χ3n) is 4.82. The van der Waals surface area contributed by atoms with Crippen molar-refractivity contribution in [2.45, 2.75) is 4.90 Å². The van der Waals surface area contributed by atoms with Gasteiger partial charge in [0.15, 0.2) is 0 Å². The molecule has 0 bridgehead atoms. The molecule has 1 amide bonds. The van der Waals surface area contributed by atoms with Crippen LogP contribution in [-0.4, -0.2) is 54.8 Å². The lowest BCUT2D eigenvalue weighted by molar-refractivity contribution is 0.0747. The van der Waals surface area contributed by atoms with E-state index in [0.29, 0.717) is 41.8 Å². The average molecular weight is 500 g/mol. The Morgan fingerprint density at radius 3 is 2.39 bits per heavy atom. The van der Waals surface area contributed by atoms with Gasteiger partial charge in [-0.3, -0.25) is 9.52 Å². The normalized spacial score (nSPS) is 14.5. The molecule has 0 saturated carbocycles. The third kappa shape index (κ3) is 4.93. The highest BCUT2D eigenvalue weighted by atomic mass is 35.5.